The van der Waals surface area contributed by atoms with Gasteiger partial charge in [0.1, 0.15) is 8.24 Å². The Hall–Kier alpha value is -0.438. The molecule has 0 bridgehead atoms. The molecule has 1 aliphatic rings. The molecule has 0 unspecified atom stereocenters. The lowest BCUT2D eigenvalue weighted by molar-refractivity contribution is 0.654. The van der Waals surface area contributed by atoms with Crippen molar-refractivity contribution in [2.45, 2.75) is 65.1 Å². The Labute approximate surface area is 109 Å². The Morgan fingerprint density at radius 1 is 1.29 bits per heavy atom. The molecule has 0 aromatic rings. The minimum absolute atomic E-state index is 0.390. The minimum Gasteiger partial charge on any atom is -0.448 e. The summed E-state index contributed by atoms with van der Waals surface area (Å²) in [5.41, 5.74) is 1.49. The molecule has 3 heteroatoms. The van der Waals surface area contributed by atoms with Crippen molar-refractivity contribution in [3.63, 3.8) is 0 Å². The van der Waals surface area contributed by atoms with Crippen LogP contribution in [0.15, 0.2) is 23.8 Å². The van der Waals surface area contributed by atoms with Crippen LogP contribution in [-0.2, 0) is 0 Å². The summed E-state index contributed by atoms with van der Waals surface area (Å²) in [4.78, 5) is 0. The summed E-state index contributed by atoms with van der Waals surface area (Å²) >= 11 is 0. The Morgan fingerprint density at radius 3 is 2.47 bits per heavy atom. The number of unbranched alkanes of at least 4 members (excludes halogenated alkanes) is 1. The largest absolute Gasteiger partial charge is 0.448 e. The van der Waals surface area contributed by atoms with E-state index in [4.69, 9.17) is 0 Å². The zero-order valence-electron chi connectivity index (χ0n) is 12.4. The third-order valence-electron chi connectivity index (χ3n) is 4.16. The lowest BCUT2D eigenvalue weighted by atomic mass is 9.77. The van der Waals surface area contributed by atoms with Crippen LogP contribution >= 0.6 is 0 Å². The van der Waals surface area contributed by atoms with Crippen LogP contribution in [0.25, 0.3) is 0 Å². The average molecular weight is 248 g/mol. The van der Waals surface area contributed by atoms with Gasteiger partial charge in [0, 0.05) is 0 Å². The van der Waals surface area contributed by atoms with Gasteiger partial charge in [-0.3, -0.25) is 0 Å². The van der Waals surface area contributed by atoms with Gasteiger partial charge in [-0.15, -0.1) is 0 Å². The van der Waals surface area contributed by atoms with Crippen LogP contribution < -0.4 is 0 Å². The molecule has 0 aliphatic carbocycles. The van der Waals surface area contributed by atoms with E-state index in [0.29, 0.717) is 5.04 Å². The van der Waals surface area contributed by atoms with Crippen LogP contribution in [-0.4, -0.2) is 20.1 Å². The van der Waals surface area contributed by atoms with Crippen molar-refractivity contribution in [3.8, 4) is 0 Å². The first-order valence-corrected chi connectivity index (χ1v) is 9.74. The predicted octanol–water partition coefficient (Wildman–Crippen LogP) is 4.51. The molecular weight excluding hydrogens is 221 g/mol. The van der Waals surface area contributed by atoms with Crippen LogP contribution in [0.4, 0.5) is 0 Å². The van der Waals surface area contributed by atoms with Crippen molar-refractivity contribution in [1.29, 1.82) is 0 Å². The molecule has 1 radical (unpaired) electrons. The van der Waals surface area contributed by atoms with Crippen LogP contribution in [0.1, 0.15) is 47.0 Å². The molecule has 1 rings (SSSR count). The first-order valence-electron chi connectivity index (χ1n) is 6.79. The maximum Gasteiger partial charge on any atom is 0.271 e. The fourth-order valence-corrected chi connectivity index (χ4v) is 3.51. The first kappa shape index (κ1) is 14.6. The minimum atomic E-state index is -1.43. The molecule has 0 fully saturated rings. The highest BCUT2D eigenvalue weighted by Crippen LogP contribution is 2.39. The van der Waals surface area contributed by atoms with Crippen LogP contribution in [0.2, 0.25) is 18.1 Å². The van der Waals surface area contributed by atoms with Crippen molar-refractivity contribution in [1.82, 2.24) is 4.48 Å². The number of hydrogen-bond donors (Lipinski definition) is 0. The molecule has 0 atom stereocenters. The Bertz CT molecular complexity index is 313. The molecule has 0 N–H and O–H groups in total. The summed E-state index contributed by atoms with van der Waals surface area (Å²) < 4.78 is 2.51. The monoisotopic (exact) mass is 248 g/mol. The molecule has 1 nitrogen and oxygen atoms in total. The SMILES string of the molecule is CCCCC1=CC=CN([Si](C)(C)C(C)(C)C)[B]1. The third-order valence-corrected chi connectivity index (χ3v) is 9.40. The normalized spacial score (nSPS) is 16.8. The van der Waals surface area contributed by atoms with Gasteiger partial charge < -0.3 is 4.48 Å². The zero-order chi connectivity index (χ0) is 13.1. The molecular formula is C14H27BNSi. The van der Waals surface area contributed by atoms with Gasteiger partial charge >= 0.3 is 0 Å². The quantitative estimate of drug-likeness (QED) is 0.661. The molecule has 0 spiro atoms. The molecule has 1 heterocycles. The van der Waals surface area contributed by atoms with Crippen molar-refractivity contribution >= 4 is 15.6 Å². The second-order valence-electron chi connectivity index (χ2n) is 6.53. The molecule has 0 aromatic carbocycles. The lowest BCUT2D eigenvalue weighted by Crippen LogP contribution is -2.54. The highest BCUT2D eigenvalue weighted by atomic mass is 28.3. The standard InChI is InChI=1S/C14H27BNSi/c1-7-8-10-13-11-9-12-16(15-13)17(5,6)14(2,3)4/h9,11-12H,7-8,10H2,1-6H3. The van der Waals surface area contributed by atoms with Gasteiger partial charge in [0.05, 0.1) is 0 Å². The fraction of sp³-hybridized carbons (Fsp3) is 0.714. The van der Waals surface area contributed by atoms with E-state index in [-0.39, 0.29) is 0 Å². The summed E-state index contributed by atoms with van der Waals surface area (Å²) in [6.45, 7) is 14.3. The van der Waals surface area contributed by atoms with Gasteiger partial charge in [-0.1, -0.05) is 65.2 Å². The average Bonchev–Trinajstić information content (AvgIpc) is 2.25. The van der Waals surface area contributed by atoms with Crippen molar-refractivity contribution in [3.05, 3.63) is 23.8 Å². The summed E-state index contributed by atoms with van der Waals surface area (Å²) in [5.74, 6) is 0. The molecule has 0 saturated carbocycles. The number of nitrogens with zero attached hydrogens (tertiary/aromatic N) is 1. The molecule has 0 amide bonds. The van der Waals surface area contributed by atoms with Crippen molar-refractivity contribution < 1.29 is 0 Å². The molecule has 0 aromatic heterocycles. The number of hydrogen-bond acceptors (Lipinski definition) is 1. The summed E-state index contributed by atoms with van der Waals surface area (Å²) in [7, 11) is 0.947. The number of rotatable bonds is 4. The second kappa shape index (κ2) is 5.47. The second-order valence-corrected chi connectivity index (χ2v) is 11.7. The molecule has 0 saturated heterocycles. The summed E-state index contributed by atoms with van der Waals surface area (Å²) in [5, 5.41) is 0.390. The number of allylic oxidation sites excluding steroid dienone is 3. The van der Waals surface area contributed by atoms with E-state index < -0.39 is 8.24 Å². The van der Waals surface area contributed by atoms with E-state index in [9.17, 15) is 0 Å². The van der Waals surface area contributed by atoms with Crippen LogP contribution in [0.5, 0.6) is 0 Å². The smallest absolute Gasteiger partial charge is 0.271 e. The van der Waals surface area contributed by atoms with Gasteiger partial charge in [0.2, 0.25) is 0 Å². The van der Waals surface area contributed by atoms with Crippen molar-refractivity contribution in [2.24, 2.45) is 0 Å². The third kappa shape index (κ3) is 3.51. The predicted molar refractivity (Wildman–Crippen MR) is 81.5 cm³/mol. The van der Waals surface area contributed by atoms with E-state index in [0.717, 1.165) is 0 Å². The Balaban J connectivity index is 2.71. The highest BCUT2D eigenvalue weighted by Gasteiger charge is 2.40. The summed E-state index contributed by atoms with van der Waals surface area (Å²) in [6, 6.07) is 0. The van der Waals surface area contributed by atoms with Gasteiger partial charge in [-0.2, -0.15) is 0 Å². The Kier molecular flexibility index (Phi) is 4.70. The molecule has 1 aliphatic heterocycles. The molecule has 17 heavy (non-hydrogen) atoms. The topological polar surface area (TPSA) is 3.24 Å². The lowest BCUT2D eigenvalue weighted by Gasteiger charge is -2.47. The first-order chi connectivity index (χ1) is 7.79. The van der Waals surface area contributed by atoms with Crippen LogP contribution in [0.3, 0.4) is 0 Å². The molecule has 95 valence electrons. The maximum absolute atomic E-state index is 2.51. The highest BCUT2D eigenvalue weighted by molar-refractivity contribution is 6.83. The van der Waals surface area contributed by atoms with E-state index >= 15 is 0 Å². The van der Waals surface area contributed by atoms with Gasteiger partial charge in [0.15, 0.2) is 0 Å². The van der Waals surface area contributed by atoms with Crippen LogP contribution in [0, 0.1) is 0 Å². The van der Waals surface area contributed by atoms with E-state index in [1.54, 1.807) is 0 Å². The van der Waals surface area contributed by atoms with Gasteiger partial charge in [-0.25, -0.2) is 0 Å². The maximum atomic E-state index is 2.51. The van der Waals surface area contributed by atoms with Gasteiger partial charge in [-0.05, 0) is 23.7 Å². The van der Waals surface area contributed by atoms with Gasteiger partial charge in [0.25, 0.3) is 7.41 Å². The fourth-order valence-electron chi connectivity index (χ4n) is 1.79. The Morgan fingerprint density at radius 2 is 1.94 bits per heavy atom. The zero-order valence-corrected chi connectivity index (χ0v) is 13.4. The summed E-state index contributed by atoms with van der Waals surface area (Å²) in [6.07, 6.45) is 10.5. The van der Waals surface area contributed by atoms with E-state index in [1.165, 1.54) is 24.7 Å². The van der Waals surface area contributed by atoms with E-state index in [1.807, 2.05) is 0 Å². The van der Waals surface area contributed by atoms with E-state index in [2.05, 4.69) is 71.0 Å². The van der Waals surface area contributed by atoms with Crippen molar-refractivity contribution in [2.75, 3.05) is 0 Å².